The number of anilines is 1. The lowest BCUT2D eigenvalue weighted by Crippen LogP contribution is -2.32. The summed E-state index contributed by atoms with van der Waals surface area (Å²) in [5, 5.41) is 6.37. The van der Waals surface area contributed by atoms with Crippen LogP contribution in [-0.2, 0) is 10.0 Å². The van der Waals surface area contributed by atoms with Crippen molar-refractivity contribution in [3.63, 3.8) is 0 Å². The lowest BCUT2D eigenvalue weighted by atomic mass is 10.3. The van der Waals surface area contributed by atoms with Crippen molar-refractivity contribution in [2.24, 2.45) is 4.99 Å². The fourth-order valence-electron chi connectivity index (χ4n) is 2.20. The molecule has 148 valence electrons. The fourth-order valence-corrected chi connectivity index (χ4v) is 3.05. The van der Waals surface area contributed by atoms with Gasteiger partial charge in [0.15, 0.2) is 17.5 Å². The Morgan fingerprint density at radius 1 is 1.19 bits per heavy atom. The molecule has 1 rings (SSSR count). The standard InChI is InChI=1S/C17H30N4O4S/c1-6-18-17(19-11-8-12-21(3)26(22,23)7-2)20-14-9-10-15(24-4)16(13-14)25-5/h9-10,13H,6-8,11-12H2,1-5H3,(H2,18,19,20). The van der Waals surface area contributed by atoms with E-state index in [0.29, 0.717) is 43.5 Å². The van der Waals surface area contributed by atoms with Gasteiger partial charge in [0.1, 0.15) is 0 Å². The lowest BCUT2D eigenvalue weighted by molar-refractivity contribution is 0.355. The van der Waals surface area contributed by atoms with Crippen molar-refractivity contribution in [1.29, 1.82) is 0 Å². The van der Waals surface area contributed by atoms with Gasteiger partial charge in [0.25, 0.3) is 0 Å². The number of benzene rings is 1. The molecule has 0 unspecified atom stereocenters. The molecule has 0 saturated carbocycles. The maximum atomic E-state index is 11.7. The van der Waals surface area contributed by atoms with Crippen LogP contribution in [0.2, 0.25) is 0 Å². The molecule has 0 fully saturated rings. The van der Waals surface area contributed by atoms with E-state index >= 15 is 0 Å². The van der Waals surface area contributed by atoms with E-state index in [9.17, 15) is 8.42 Å². The highest BCUT2D eigenvalue weighted by atomic mass is 32.2. The molecular formula is C17H30N4O4S. The van der Waals surface area contributed by atoms with Gasteiger partial charge in [-0.15, -0.1) is 0 Å². The number of ether oxygens (including phenoxy) is 2. The van der Waals surface area contributed by atoms with E-state index in [4.69, 9.17) is 9.47 Å². The number of nitrogens with one attached hydrogen (secondary N) is 2. The SMILES string of the molecule is CCNC(=NCCCN(C)S(=O)(=O)CC)Nc1ccc(OC)c(OC)c1. The van der Waals surface area contributed by atoms with Gasteiger partial charge in [-0.25, -0.2) is 12.7 Å². The molecule has 0 heterocycles. The number of guanidine groups is 1. The van der Waals surface area contributed by atoms with Crippen molar-refractivity contribution < 1.29 is 17.9 Å². The maximum Gasteiger partial charge on any atom is 0.213 e. The second kappa shape index (κ2) is 10.9. The zero-order chi connectivity index (χ0) is 19.6. The van der Waals surface area contributed by atoms with Gasteiger partial charge in [0.05, 0.1) is 20.0 Å². The highest BCUT2D eigenvalue weighted by Gasteiger charge is 2.13. The highest BCUT2D eigenvalue weighted by molar-refractivity contribution is 7.89. The smallest absolute Gasteiger partial charge is 0.213 e. The van der Waals surface area contributed by atoms with Crippen molar-refractivity contribution >= 4 is 21.7 Å². The number of aliphatic imine (C=N–C) groups is 1. The van der Waals surface area contributed by atoms with Gasteiger partial charge in [0, 0.05) is 38.4 Å². The molecule has 9 heteroatoms. The van der Waals surface area contributed by atoms with E-state index in [1.54, 1.807) is 28.2 Å². The Balaban J connectivity index is 2.69. The van der Waals surface area contributed by atoms with E-state index in [2.05, 4.69) is 15.6 Å². The third-order valence-electron chi connectivity index (χ3n) is 3.73. The molecule has 1 aromatic carbocycles. The van der Waals surface area contributed by atoms with Crippen molar-refractivity contribution in [2.45, 2.75) is 20.3 Å². The number of sulfonamides is 1. The van der Waals surface area contributed by atoms with Crippen LogP contribution in [0.1, 0.15) is 20.3 Å². The van der Waals surface area contributed by atoms with Gasteiger partial charge >= 0.3 is 0 Å². The van der Waals surface area contributed by atoms with Crippen LogP contribution in [0.4, 0.5) is 5.69 Å². The number of hydrogen-bond acceptors (Lipinski definition) is 5. The lowest BCUT2D eigenvalue weighted by Gasteiger charge is -2.16. The third kappa shape index (κ3) is 6.72. The minimum atomic E-state index is -3.14. The normalized spacial score (nSPS) is 12.2. The molecule has 1 aromatic rings. The monoisotopic (exact) mass is 386 g/mol. The van der Waals surface area contributed by atoms with Crippen LogP contribution >= 0.6 is 0 Å². The summed E-state index contributed by atoms with van der Waals surface area (Å²) in [6.07, 6.45) is 0.637. The second-order valence-corrected chi connectivity index (χ2v) is 7.90. The number of rotatable bonds is 10. The quantitative estimate of drug-likeness (QED) is 0.362. The Morgan fingerprint density at radius 3 is 2.46 bits per heavy atom. The first-order chi connectivity index (χ1) is 12.4. The summed E-state index contributed by atoms with van der Waals surface area (Å²) in [5.41, 5.74) is 0.813. The number of methoxy groups -OCH3 is 2. The van der Waals surface area contributed by atoms with Gasteiger partial charge in [-0.05, 0) is 32.4 Å². The first-order valence-electron chi connectivity index (χ1n) is 8.59. The van der Waals surface area contributed by atoms with Crippen molar-refractivity contribution in [1.82, 2.24) is 9.62 Å². The Hall–Kier alpha value is -2.00. The van der Waals surface area contributed by atoms with E-state index in [0.717, 1.165) is 5.69 Å². The average molecular weight is 387 g/mol. The third-order valence-corrected chi connectivity index (χ3v) is 5.59. The predicted octanol–water partition coefficient (Wildman–Crippen LogP) is 1.75. The minimum Gasteiger partial charge on any atom is -0.493 e. The summed E-state index contributed by atoms with van der Waals surface area (Å²) in [4.78, 5) is 4.49. The van der Waals surface area contributed by atoms with E-state index < -0.39 is 10.0 Å². The van der Waals surface area contributed by atoms with Crippen LogP contribution in [0.3, 0.4) is 0 Å². The first kappa shape index (κ1) is 22.0. The second-order valence-electron chi connectivity index (χ2n) is 5.53. The summed E-state index contributed by atoms with van der Waals surface area (Å²) in [6.45, 7) is 5.28. The summed E-state index contributed by atoms with van der Waals surface area (Å²) in [6, 6.07) is 5.51. The van der Waals surface area contributed by atoms with Gasteiger partial charge in [-0.2, -0.15) is 0 Å². The average Bonchev–Trinajstić information content (AvgIpc) is 2.64. The number of hydrogen-bond donors (Lipinski definition) is 2. The highest BCUT2D eigenvalue weighted by Crippen LogP contribution is 2.29. The van der Waals surface area contributed by atoms with Gasteiger partial charge in [0.2, 0.25) is 10.0 Å². The molecule has 0 bridgehead atoms. The molecule has 0 aliphatic rings. The molecule has 26 heavy (non-hydrogen) atoms. The van der Waals surface area contributed by atoms with Crippen LogP contribution in [-0.4, -0.2) is 65.3 Å². The summed E-state index contributed by atoms with van der Waals surface area (Å²) in [5.74, 6) is 2.01. The maximum absolute atomic E-state index is 11.7. The predicted molar refractivity (Wildman–Crippen MR) is 106 cm³/mol. The molecule has 0 spiro atoms. The Labute approximate surface area is 156 Å². The molecule has 0 aliphatic heterocycles. The fraction of sp³-hybridized carbons (Fsp3) is 0.588. The molecule has 8 nitrogen and oxygen atoms in total. The van der Waals surface area contributed by atoms with E-state index in [1.807, 2.05) is 25.1 Å². The zero-order valence-electron chi connectivity index (χ0n) is 16.2. The van der Waals surface area contributed by atoms with Gasteiger partial charge in [-0.3, -0.25) is 4.99 Å². The van der Waals surface area contributed by atoms with Crippen LogP contribution in [0.25, 0.3) is 0 Å². The molecule has 0 amide bonds. The zero-order valence-corrected chi connectivity index (χ0v) is 17.0. The van der Waals surface area contributed by atoms with Crippen LogP contribution in [0.15, 0.2) is 23.2 Å². The van der Waals surface area contributed by atoms with Crippen molar-refractivity contribution in [3.8, 4) is 11.5 Å². The first-order valence-corrected chi connectivity index (χ1v) is 10.2. The molecule has 0 aliphatic carbocycles. The van der Waals surface area contributed by atoms with Gasteiger partial charge < -0.3 is 20.1 Å². The summed E-state index contributed by atoms with van der Waals surface area (Å²) in [7, 11) is 1.62. The van der Waals surface area contributed by atoms with Crippen molar-refractivity contribution in [3.05, 3.63) is 18.2 Å². The largest absolute Gasteiger partial charge is 0.493 e. The molecule has 0 saturated heterocycles. The molecule has 0 aromatic heterocycles. The minimum absolute atomic E-state index is 0.107. The van der Waals surface area contributed by atoms with Crippen molar-refractivity contribution in [2.75, 3.05) is 52.0 Å². The Morgan fingerprint density at radius 2 is 1.88 bits per heavy atom. The Bertz CT molecular complexity index is 692. The van der Waals surface area contributed by atoms with Crippen LogP contribution in [0, 0.1) is 0 Å². The van der Waals surface area contributed by atoms with Crippen LogP contribution in [0.5, 0.6) is 11.5 Å². The van der Waals surface area contributed by atoms with E-state index in [-0.39, 0.29) is 5.75 Å². The van der Waals surface area contributed by atoms with E-state index in [1.165, 1.54) is 4.31 Å². The molecule has 2 N–H and O–H groups in total. The summed E-state index contributed by atoms with van der Waals surface area (Å²) >= 11 is 0. The number of nitrogens with zero attached hydrogens (tertiary/aromatic N) is 2. The van der Waals surface area contributed by atoms with Gasteiger partial charge in [-0.1, -0.05) is 0 Å². The molecular weight excluding hydrogens is 356 g/mol. The molecule has 0 radical (unpaired) electrons. The Kier molecular flexibility index (Phi) is 9.22. The molecule has 0 atom stereocenters. The summed E-state index contributed by atoms with van der Waals surface area (Å²) < 4.78 is 35.4. The van der Waals surface area contributed by atoms with Crippen LogP contribution < -0.4 is 20.1 Å². The topological polar surface area (TPSA) is 92.3 Å².